The molecule has 102 valence electrons. The number of hydrogen-bond acceptors (Lipinski definition) is 4. The van der Waals surface area contributed by atoms with Crippen LogP contribution in [0.1, 0.15) is 25.7 Å². The Kier molecular flexibility index (Phi) is 4.19. The van der Waals surface area contributed by atoms with Crippen LogP contribution in [0.5, 0.6) is 0 Å². The van der Waals surface area contributed by atoms with Gasteiger partial charge in [0.05, 0.1) is 0 Å². The fourth-order valence-electron chi connectivity index (χ4n) is 2.52. The van der Waals surface area contributed by atoms with Gasteiger partial charge in [-0.05, 0) is 25.7 Å². The number of aliphatic hydroxyl groups is 2. The van der Waals surface area contributed by atoms with E-state index < -0.39 is 24.0 Å². The number of carbonyl (C=O) groups is 2. The molecule has 0 aromatic heterocycles. The summed E-state index contributed by atoms with van der Waals surface area (Å²) in [7, 11) is 0. The average molecular weight is 256 g/mol. The molecule has 2 saturated heterocycles. The van der Waals surface area contributed by atoms with Gasteiger partial charge in [-0.25, -0.2) is 0 Å². The molecule has 2 amide bonds. The summed E-state index contributed by atoms with van der Waals surface area (Å²) in [5.41, 5.74) is 0. The Bertz CT molecular complexity index is 290. The summed E-state index contributed by atoms with van der Waals surface area (Å²) in [6, 6.07) is 0. The van der Waals surface area contributed by atoms with Gasteiger partial charge in [-0.1, -0.05) is 0 Å². The Morgan fingerprint density at radius 3 is 1.28 bits per heavy atom. The lowest BCUT2D eigenvalue weighted by molar-refractivity contribution is -0.156. The molecule has 2 fully saturated rings. The maximum absolute atomic E-state index is 11.9. The lowest BCUT2D eigenvalue weighted by Crippen LogP contribution is -2.50. The highest BCUT2D eigenvalue weighted by Crippen LogP contribution is 2.14. The van der Waals surface area contributed by atoms with Gasteiger partial charge >= 0.3 is 0 Å². The van der Waals surface area contributed by atoms with Crippen LogP contribution in [0.25, 0.3) is 0 Å². The topological polar surface area (TPSA) is 81.1 Å². The number of amides is 2. The van der Waals surface area contributed by atoms with Crippen LogP contribution in [0.2, 0.25) is 0 Å². The molecule has 2 rings (SSSR count). The van der Waals surface area contributed by atoms with Crippen LogP contribution in [-0.4, -0.2) is 70.2 Å². The third kappa shape index (κ3) is 2.64. The molecule has 2 aliphatic heterocycles. The minimum Gasteiger partial charge on any atom is -0.380 e. The van der Waals surface area contributed by atoms with E-state index in [1.807, 2.05) is 0 Å². The molecule has 0 aliphatic carbocycles. The van der Waals surface area contributed by atoms with Crippen LogP contribution in [0, 0.1) is 0 Å². The van der Waals surface area contributed by atoms with Crippen LogP contribution in [0.3, 0.4) is 0 Å². The summed E-state index contributed by atoms with van der Waals surface area (Å²) in [6.07, 6.45) is 0.388. The van der Waals surface area contributed by atoms with Gasteiger partial charge in [0, 0.05) is 26.2 Å². The second-order valence-corrected chi connectivity index (χ2v) is 4.95. The smallest absolute Gasteiger partial charge is 0.254 e. The molecular weight excluding hydrogens is 236 g/mol. The third-order valence-corrected chi connectivity index (χ3v) is 3.64. The summed E-state index contributed by atoms with van der Waals surface area (Å²) in [6.45, 7) is 2.39. The molecule has 0 aromatic rings. The first-order valence-corrected chi connectivity index (χ1v) is 6.55. The minimum atomic E-state index is -1.63. The molecular formula is C12H20N2O4. The summed E-state index contributed by atoms with van der Waals surface area (Å²) in [4.78, 5) is 26.7. The molecule has 6 heteroatoms. The van der Waals surface area contributed by atoms with Crippen LogP contribution in [0.4, 0.5) is 0 Å². The van der Waals surface area contributed by atoms with Crippen molar-refractivity contribution in [2.45, 2.75) is 37.9 Å². The van der Waals surface area contributed by atoms with E-state index in [2.05, 4.69) is 0 Å². The largest absolute Gasteiger partial charge is 0.380 e. The van der Waals surface area contributed by atoms with E-state index in [4.69, 9.17) is 0 Å². The van der Waals surface area contributed by atoms with E-state index in [0.717, 1.165) is 25.7 Å². The zero-order valence-electron chi connectivity index (χ0n) is 10.4. The van der Waals surface area contributed by atoms with Crippen molar-refractivity contribution in [1.29, 1.82) is 0 Å². The maximum Gasteiger partial charge on any atom is 0.254 e. The molecule has 18 heavy (non-hydrogen) atoms. The summed E-state index contributed by atoms with van der Waals surface area (Å²) >= 11 is 0. The second kappa shape index (κ2) is 5.67. The Hall–Kier alpha value is -1.14. The molecule has 0 spiro atoms. The Morgan fingerprint density at radius 1 is 0.722 bits per heavy atom. The van der Waals surface area contributed by atoms with Gasteiger partial charge < -0.3 is 20.0 Å². The first kappa shape index (κ1) is 13.3. The fourth-order valence-corrected chi connectivity index (χ4v) is 2.52. The Balaban J connectivity index is 1.92. The second-order valence-electron chi connectivity index (χ2n) is 4.95. The predicted molar refractivity (Wildman–Crippen MR) is 63.6 cm³/mol. The van der Waals surface area contributed by atoms with Crippen molar-refractivity contribution in [3.8, 4) is 0 Å². The minimum absolute atomic E-state index is 0.535. The van der Waals surface area contributed by atoms with E-state index in [-0.39, 0.29) is 0 Å². The highest BCUT2D eigenvalue weighted by atomic mass is 16.3. The monoisotopic (exact) mass is 256 g/mol. The lowest BCUT2D eigenvalue weighted by atomic mass is 10.1. The first-order valence-electron chi connectivity index (χ1n) is 6.55. The van der Waals surface area contributed by atoms with Crippen molar-refractivity contribution in [2.24, 2.45) is 0 Å². The highest BCUT2D eigenvalue weighted by Gasteiger charge is 2.36. The number of carbonyl (C=O) groups excluding carboxylic acids is 2. The van der Waals surface area contributed by atoms with Crippen molar-refractivity contribution in [3.05, 3.63) is 0 Å². The zero-order chi connectivity index (χ0) is 13.1. The lowest BCUT2D eigenvalue weighted by Gasteiger charge is -2.25. The Morgan fingerprint density at radius 2 is 1.00 bits per heavy atom. The molecule has 0 unspecified atom stereocenters. The number of nitrogens with zero attached hydrogens (tertiary/aromatic N) is 2. The zero-order valence-corrected chi connectivity index (χ0v) is 10.4. The molecule has 0 bridgehead atoms. The summed E-state index contributed by atoms with van der Waals surface area (Å²) in [5.74, 6) is -1.07. The predicted octanol–water partition coefficient (Wildman–Crippen LogP) is -1.05. The molecule has 0 saturated carbocycles. The van der Waals surface area contributed by atoms with Crippen molar-refractivity contribution in [1.82, 2.24) is 9.80 Å². The van der Waals surface area contributed by atoms with Crippen LogP contribution in [-0.2, 0) is 9.59 Å². The first-order chi connectivity index (χ1) is 8.61. The van der Waals surface area contributed by atoms with E-state index in [9.17, 15) is 19.8 Å². The van der Waals surface area contributed by atoms with Gasteiger partial charge in [0.1, 0.15) is 0 Å². The van der Waals surface area contributed by atoms with Crippen molar-refractivity contribution < 1.29 is 19.8 Å². The molecule has 2 aliphatic rings. The molecule has 0 radical (unpaired) electrons. The van der Waals surface area contributed by atoms with Crippen molar-refractivity contribution >= 4 is 11.8 Å². The maximum atomic E-state index is 11.9. The normalized spacial score (nSPS) is 23.2. The molecule has 0 aromatic carbocycles. The van der Waals surface area contributed by atoms with Gasteiger partial charge in [0.2, 0.25) is 0 Å². The number of rotatable bonds is 3. The third-order valence-electron chi connectivity index (χ3n) is 3.64. The van der Waals surface area contributed by atoms with E-state index in [0.29, 0.717) is 26.2 Å². The average Bonchev–Trinajstić information content (AvgIpc) is 3.06. The molecule has 2 heterocycles. The van der Waals surface area contributed by atoms with Gasteiger partial charge in [-0.15, -0.1) is 0 Å². The summed E-state index contributed by atoms with van der Waals surface area (Å²) in [5, 5.41) is 19.6. The van der Waals surface area contributed by atoms with Gasteiger partial charge in [0.15, 0.2) is 12.2 Å². The fraction of sp³-hybridized carbons (Fsp3) is 0.833. The Labute approximate surface area is 106 Å². The van der Waals surface area contributed by atoms with Crippen molar-refractivity contribution in [2.75, 3.05) is 26.2 Å². The summed E-state index contributed by atoms with van der Waals surface area (Å²) < 4.78 is 0. The molecule has 6 nitrogen and oxygen atoms in total. The van der Waals surface area contributed by atoms with Gasteiger partial charge in [-0.2, -0.15) is 0 Å². The number of aliphatic hydroxyl groups excluding tert-OH is 2. The quantitative estimate of drug-likeness (QED) is 0.675. The van der Waals surface area contributed by atoms with Crippen LogP contribution >= 0.6 is 0 Å². The highest BCUT2D eigenvalue weighted by molar-refractivity contribution is 5.90. The SMILES string of the molecule is O=C([C@@H](O)[C@H](O)C(=O)N1CCCC1)N1CCCC1. The van der Waals surface area contributed by atoms with E-state index in [1.165, 1.54) is 9.80 Å². The number of hydrogen-bond donors (Lipinski definition) is 2. The van der Waals surface area contributed by atoms with E-state index >= 15 is 0 Å². The van der Waals surface area contributed by atoms with Gasteiger partial charge in [-0.3, -0.25) is 9.59 Å². The molecule has 2 N–H and O–H groups in total. The number of likely N-dealkylation sites (tertiary alicyclic amines) is 2. The van der Waals surface area contributed by atoms with Crippen LogP contribution in [0.15, 0.2) is 0 Å². The van der Waals surface area contributed by atoms with Crippen molar-refractivity contribution in [3.63, 3.8) is 0 Å². The van der Waals surface area contributed by atoms with E-state index in [1.54, 1.807) is 0 Å². The standard InChI is InChI=1S/C12H20N2O4/c15-9(11(17)13-5-1-2-6-13)10(16)12(18)14-7-3-4-8-14/h9-10,15-16H,1-8H2/t9-,10-/m0/s1. The van der Waals surface area contributed by atoms with Crippen LogP contribution < -0.4 is 0 Å². The molecule has 2 atom stereocenters. The van der Waals surface area contributed by atoms with Gasteiger partial charge in [0.25, 0.3) is 11.8 Å².